The van der Waals surface area contributed by atoms with Crippen LogP contribution < -0.4 is 5.32 Å². The van der Waals surface area contributed by atoms with E-state index >= 15 is 0 Å². The van der Waals surface area contributed by atoms with Gasteiger partial charge in [-0.05, 0) is 43.4 Å². The molecule has 1 aliphatic carbocycles. The predicted molar refractivity (Wildman–Crippen MR) is 71.6 cm³/mol. The van der Waals surface area contributed by atoms with E-state index in [1.807, 2.05) is 0 Å². The number of rotatable bonds is 6. The van der Waals surface area contributed by atoms with Crippen molar-refractivity contribution in [2.45, 2.75) is 58.2 Å². The highest BCUT2D eigenvalue weighted by Gasteiger charge is 2.32. The Morgan fingerprint density at radius 3 is 2.67 bits per heavy atom. The zero-order valence-corrected chi connectivity index (χ0v) is 11.6. The lowest BCUT2D eigenvalue weighted by molar-refractivity contribution is 0.431. The standard InChI is InChI=1S/C13H27NS/c1-5-8-14-12-6-7-13(11(12)4)15-9-10(2)3/h10-14H,5-9H2,1-4H3. The molecule has 1 rings (SSSR count). The van der Waals surface area contributed by atoms with E-state index in [1.54, 1.807) is 0 Å². The van der Waals surface area contributed by atoms with Crippen LogP contribution in [0.3, 0.4) is 0 Å². The van der Waals surface area contributed by atoms with Crippen LogP contribution in [-0.2, 0) is 0 Å². The monoisotopic (exact) mass is 229 g/mol. The molecule has 3 unspecified atom stereocenters. The van der Waals surface area contributed by atoms with Crippen molar-refractivity contribution in [1.82, 2.24) is 5.32 Å². The minimum atomic E-state index is 0.787. The van der Waals surface area contributed by atoms with Crippen molar-refractivity contribution in [3.8, 4) is 0 Å². The first-order valence-corrected chi connectivity index (χ1v) is 7.55. The lowest BCUT2D eigenvalue weighted by Crippen LogP contribution is -2.33. The van der Waals surface area contributed by atoms with E-state index in [2.05, 4.69) is 44.8 Å². The smallest absolute Gasteiger partial charge is 0.0104 e. The van der Waals surface area contributed by atoms with Crippen molar-refractivity contribution in [2.75, 3.05) is 12.3 Å². The predicted octanol–water partition coefficient (Wildman–Crippen LogP) is 3.54. The summed E-state index contributed by atoms with van der Waals surface area (Å²) < 4.78 is 0. The SMILES string of the molecule is CCCNC1CCC(SCC(C)C)C1C. The van der Waals surface area contributed by atoms with Crippen LogP contribution in [0.2, 0.25) is 0 Å². The highest BCUT2D eigenvalue weighted by atomic mass is 32.2. The fraction of sp³-hybridized carbons (Fsp3) is 1.00. The number of nitrogens with one attached hydrogen (secondary N) is 1. The summed E-state index contributed by atoms with van der Waals surface area (Å²) in [4.78, 5) is 0. The molecular formula is C13H27NS. The third kappa shape index (κ3) is 4.36. The van der Waals surface area contributed by atoms with Gasteiger partial charge in [0.05, 0.1) is 0 Å². The van der Waals surface area contributed by atoms with Gasteiger partial charge in [0, 0.05) is 11.3 Å². The summed E-state index contributed by atoms with van der Waals surface area (Å²) >= 11 is 2.20. The molecule has 0 saturated heterocycles. The Kier molecular flexibility index (Phi) is 6.06. The summed E-state index contributed by atoms with van der Waals surface area (Å²) in [5.74, 6) is 3.03. The number of hydrogen-bond acceptors (Lipinski definition) is 2. The molecule has 1 N–H and O–H groups in total. The van der Waals surface area contributed by atoms with Gasteiger partial charge in [-0.15, -0.1) is 0 Å². The van der Waals surface area contributed by atoms with Crippen LogP contribution in [0.15, 0.2) is 0 Å². The Morgan fingerprint density at radius 2 is 2.07 bits per heavy atom. The molecule has 1 aliphatic rings. The third-order valence-electron chi connectivity index (χ3n) is 3.28. The summed E-state index contributed by atoms with van der Waals surface area (Å²) in [6.07, 6.45) is 4.06. The molecule has 0 amide bonds. The van der Waals surface area contributed by atoms with Crippen LogP contribution in [-0.4, -0.2) is 23.6 Å². The summed E-state index contributed by atoms with van der Waals surface area (Å²) in [5, 5.41) is 4.59. The number of hydrogen-bond donors (Lipinski definition) is 1. The quantitative estimate of drug-likeness (QED) is 0.747. The Labute approximate surface area is 99.8 Å². The van der Waals surface area contributed by atoms with Crippen LogP contribution >= 0.6 is 11.8 Å². The maximum atomic E-state index is 3.69. The van der Waals surface area contributed by atoms with Crippen molar-refractivity contribution >= 4 is 11.8 Å². The lowest BCUT2D eigenvalue weighted by Gasteiger charge is -2.22. The van der Waals surface area contributed by atoms with Gasteiger partial charge < -0.3 is 5.32 Å². The van der Waals surface area contributed by atoms with Gasteiger partial charge in [-0.25, -0.2) is 0 Å². The highest BCUT2D eigenvalue weighted by Crippen LogP contribution is 2.35. The van der Waals surface area contributed by atoms with Gasteiger partial charge >= 0.3 is 0 Å². The first-order valence-electron chi connectivity index (χ1n) is 6.50. The largest absolute Gasteiger partial charge is 0.314 e. The summed E-state index contributed by atoms with van der Waals surface area (Å²) in [7, 11) is 0. The van der Waals surface area contributed by atoms with Crippen LogP contribution in [0, 0.1) is 11.8 Å². The second kappa shape index (κ2) is 6.80. The Bertz CT molecular complexity index is 170. The topological polar surface area (TPSA) is 12.0 Å². The average molecular weight is 229 g/mol. The summed E-state index contributed by atoms with van der Waals surface area (Å²) in [6.45, 7) is 10.5. The van der Waals surface area contributed by atoms with Crippen molar-refractivity contribution < 1.29 is 0 Å². The second-order valence-corrected chi connectivity index (χ2v) is 6.53. The Hall–Kier alpha value is 0.310. The summed E-state index contributed by atoms with van der Waals surface area (Å²) in [6, 6.07) is 0.787. The van der Waals surface area contributed by atoms with Crippen molar-refractivity contribution in [1.29, 1.82) is 0 Å². The van der Waals surface area contributed by atoms with Gasteiger partial charge in [0.2, 0.25) is 0 Å². The zero-order valence-electron chi connectivity index (χ0n) is 10.8. The van der Waals surface area contributed by atoms with E-state index in [-0.39, 0.29) is 0 Å². The van der Waals surface area contributed by atoms with Gasteiger partial charge in [-0.2, -0.15) is 11.8 Å². The second-order valence-electron chi connectivity index (χ2n) is 5.26. The molecule has 3 atom stereocenters. The molecule has 0 aliphatic heterocycles. The molecule has 0 aromatic carbocycles. The van der Waals surface area contributed by atoms with E-state index in [1.165, 1.54) is 31.6 Å². The minimum Gasteiger partial charge on any atom is -0.314 e. The van der Waals surface area contributed by atoms with Gasteiger partial charge in [-0.1, -0.05) is 27.7 Å². The molecule has 0 bridgehead atoms. The molecule has 0 heterocycles. The van der Waals surface area contributed by atoms with Crippen molar-refractivity contribution in [3.63, 3.8) is 0 Å². The molecule has 15 heavy (non-hydrogen) atoms. The molecule has 1 saturated carbocycles. The molecule has 0 spiro atoms. The fourth-order valence-corrected chi connectivity index (χ4v) is 3.73. The molecule has 0 radical (unpaired) electrons. The van der Waals surface area contributed by atoms with E-state index in [0.29, 0.717) is 0 Å². The zero-order chi connectivity index (χ0) is 11.3. The molecular weight excluding hydrogens is 202 g/mol. The van der Waals surface area contributed by atoms with Crippen molar-refractivity contribution in [3.05, 3.63) is 0 Å². The van der Waals surface area contributed by atoms with Gasteiger partial charge in [0.1, 0.15) is 0 Å². The van der Waals surface area contributed by atoms with Gasteiger partial charge in [0.25, 0.3) is 0 Å². The van der Waals surface area contributed by atoms with Gasteiger partial charge in [0.15, 0.2) is 0 Å². The molecule has 0 aromatic heterocycles. The third-order valence-corrected chi connectivity index (χ3v) is 5.24. The maximum Gasteiger partial charge on any atom is 0.0104 e. The normalized spacial score (nSPS) is 31.4. The highest BCUT2D eigenvalue weighted by molar-refractivity contribution is 7.99. The van der Waals surface area contributed by atoms with E-state index in [4.69, 9.17) is 0 Å². The van der Waals surface area contributed by atoms with Crippen LogP contribution in [0.25, 0.3) is 0 Å². The van der Waals surface area contributed by atoms with Crippen LogP contribution in [0.5, 0.6) is 0 Å². The number of thioether (sulfide) groups is 1. The summed E-state index contributed by atoms with van der Waals surface area (Å²) in [5.41, 5.74) is 0. The molecule has 1 fully saturated rings. The Balaban J connectivity index is 2.25. The van der Waals surface area contributed by atoms with E-state index < -0.39 is 0 Å². The maximum absolute atomic E-state index is 3.69. The average Bonchev–Trinajstić information content (AvgIpc) is 2.54. The fourth-order valence-electron chi connectivity index (χ4n) is 2.30. The van der Waals surface area contributed by atoms with E-state index in [9.17, 15) is 0 Å². The van der Waals surface area contributed by atoms with Crippen LogP contribution in [0.4, 0.5) is 0 Å². The first kappa shape index (κ1) is 13.4. The molecule has 90 valence electrons. The van der Waals surface area contributed by atoms with Crippen molar-refractivity contribution in [2.24, 2.45) is 11.8 Å². The first-order chi connectivity index (χ1) is 7.15. The van der Waals surface area contributed by atoms with Crippen LogP contribution in [0.1, 0.15) is 47.0 Å². The molecule has 2 heteroatoms. The molecule has 1 nitrogen and oxygen atoms in total. The Morgan fingerprint density at radius 1 is 1.33 bits per heavy atom. The molecule has 0 aromatic rings. The van der Waals surface area contributed by atoms with E-state index in [0.717, 1.165) is 23.1 Å². The van der Waals surface area contributed by atoms with Gasteiger partial charge in [-0.3, -0.25) is 0 Å². The lowest BCUT2D eigenvalue weighted by atomic mass is 10.1. The minimum absolute atomic E-state index is 0.787.